The number of hydrazone groups is 1. The lowest BCUT2D eigenvalue weighted by atomic mass is 10.1. The molecule has 1 atom stereocenters. The SMILES string of the molecule is C=CNC(=NC1CC1)N=C(CC)N(C)/N=C\CNC(CO)C(/C=C(\C)Cl)=C/C. The third-order valence-electron chi connectivity index (χ3n) is 4.00. The van der Waals surface area contributed by atoms with Crippen LogP contribution in [0.15, 0.2) is 50.6 Å². The third kappa shape index (κ3) is 9.30. The van der Waals surface area contributed by atoms with Gasteiger partial charge in [-0.3, -0.25) is 5.01 Å². The molecule has 1 fully saturated rings. The predicted octanol–water partition coefficient (Wildman–Crippen LogP) is 3.00. The summed E-state index contributed by atoms with van der Waals surface area (Å²) in [5.74, 6) is 1.36. The second-order valence-electron chi connectivity index (χ2n) is 6.40. The summed E-state index contributed by atoms with van der Waals surface area (Å²) in [6.45, 7) is 9.89. The fraction of sp³-hybridized carbons (Fsp3) is 0.550. The Labute approximate surface area is 173 Å². The lowest BCUT2D eigenvalue weighted by Gasteiger charge is -2.18. The summed E-state index contributed by atoms with van der Waals surface area (Å²) in [5, 5.41) is 22.7. The summed E-state index contributed by atoms with van der Waals surface area (Å²) in [4.78, 5) is 9.11. The van der Waals surface area contributed by atoms with Crippen molar-refractivity contribution in [3.05, 3.63) is 35.5 Å². The van der Waals surface area contributed by atoms with Crippen LogP contribution < -0.4 is 10.6 Å². The number of aliphatic hydroxyl groups is 1. The zero-order valence-electron chi connectivity index (χ0n) is 17.3. The third-order valence-corrected chi connectivity index (χ3v) is 4.11. The number of aliphatic hydroxyl groups excluding tert-OH is 1. The number of amidine groups is 1. The molecule has 0 radical (unpaired) electrons. The lowest BCUT2D eigenvalue weighted by molar-refractivity contribution is 0.264. The van der Waals surface area contributed by atoms with Crippen LogP contribution in [0.4, 0.5) is 0 Å². The molecular weight excluding hydrogens is 376 g/mol. The Hall–Kier alpha value is -1.96. The van der Waals surface area contributed by atoms with E-state index in [1.165, 1.54) is 0 Å². The Morgan fingerprint density at radius 2 is 2.14 bits per heavy atom. The molecule has 0 aromatic rings. The van der Waals surface area contributed by atoms with Crippen molar-refractivity contribution in [2.75, 3.05) is 20.2 Å². The van der Waals surface area contributed by atoms with Crippen molar-refractivity contribution >= 4 is 29.6 Å². The summed E-state index contributed by atoms with van der Waals surface area (Å²) in [5.41, 5.74) is 0.934. The number of allylic oxidation sites excluding steroid dienone is 2. The zero-order valence-corrected chi connectivity index (χ0v) is 18.1. The van der Waals surface area contributed by atoms with Gasteiger partial charge in [0.25, 0.3) is 0 Å². The van der Waals surface area contributed by atoms with Gasteiger partial charge < -0.3 is 15.7 Å². The monoisotopic (exact) mass is 408 g/mol. The standard InChI is InChI=1S/C20H33ClN6O/c1-6-16(13-15(4)21)18(14-28)23-11-12-24-27(5)19(7-2)26-20(22-8-3)25-17-9-10-17/h6,8,12-13,17-18,23,28H,3,7,9-11,14H2,1-2,4-5H3,(H,22,25)/b15-13+,16-6+,24-12-,26-19?. The van der Waals surface area contributed by atoms with Gasteiger partial charge in [-0.15, -0.1) is 0 Å². The van der Waals surface area contributed by atoms with Crippen LogP contribution in [0.25, 0.3) is 0 Å². The summed E-state index contributed by atoms with van der Waals surface area (Å²) in [7, 11) is 1.85. The van der Waals surface area contributed by atoms with Gasteiger partial charge in [-0.2, -0.15) is 10.1 Å². The summed E-state index contributed by atoms with van der Waals surface area (Å²) in [6, 6.07) is 0.160. The van der Waals surface area contributed by atoms with Crippen molar-refractivity contribution in [2.45, 2.75) is 52.1 Å². The number of rotatable bonds is 10. The number of aliphatic imine (C=N–C) groups is 2. The van der Waals surface area contributed by atoms with E-state index in [1.807, 2.05) is 40.0 Å². The van der Waals surface area contributed by atoms with Gasteiger partial charge in [-0.05, 0) is 44.5 Å². The number of hydrogen-bond acceptors (Lipinski definition) is 4. The van der Waals surface area contributed by atoms with Crippen molar-refractivity contribution in [1.29, 1.82) is 0 Å². The average molecular weight is 409 g/mol. The van der Waals surface area contributed by atoms with E-state index >= 15 is 0 Å². The normalized spacial score (nSPS) is 17.8. The van der Waals surface area contributed by atoms with Crippen molar-refractivity contribution < 1.29 is 5.11 Å². The van der Waals surface area contributed by atoms with Crippen LogP contribution in [-0.2, 0) is 0 Å². The molecule has 8 heteroatoms. The van der Waals surface area contributed by atoms with Crippen LogP contribution in [-0.4, -0.2) is 60.4 Å². The fourth-order valence-electron chi connectivity index (χ4n) is 2.40. The topological polar surface area (TPSA) is 84.6 Å². The minimum Gasteiger partial charge on any atom is -0.394 e. The Balaban J connectivity index is 2.69. The molecule has 0 bridgehead atoms. The summed E-state index contributed by atoms with van der Waals surface area (Å²) in [6.07, 6.45) is 10.0. The molecule has 0 heterocycles. The summed E-state index contributed by atoms with van der Waals surface area (Å²) < 4.78 is 0. The van der Waals surface area contributed by atoms with Crippen molar-refractivity contribution in [3.8, 4) is 0 Å². The van der Waals surface area contributed by atoms with Gasteiger partial charge in [0.05, 0.1) is 18.7 Å². The van der Waals surface area contributed by atoms with Crippen LogP contribution in [0.3, 0.4) is 0 Å². The molecule has 28 heavy (non-hydrogen) atoms. The lowest BCUT2D eigenvalue weighted by Crippen LogP contribution is -2.35. The number of guanidine groups is 1. The first-order valence-electron chi connectivity index (χ1n) is 9.58. The van der Waals surface area contributed by atoms with Crippen LogP contribution in [0.1, 0.15) is 40.0 Å². The van der Waals surface area contributed by atoms with Gasteiger partial charge >= 0.3 is 0 Å². The van der Waals surface area contributed by atoms with E-state index in [0.29, 0.717) is 30.0 Å². The van der Waals surface area contributed by atoms with E-state index in [4.69, 9.17) is 11.6 Å². The van der Waals surface area contributed by atoms with E-state index in [9.17, 15) is 5.11 Å². The molecule has 0 aromatic carbocycles. The zero-order chi connectivity index (χ0) is 20.9. The Kier molecular flexibility index (Phi) is 11.4. The molecule has 0 aliphatic heterocycles. The highest BCUT2D eigenvalue weighted by Crippen LogP contribution is 2.23. The molecule has 0 saturated heterocycles. The Morgan fingerprint density at radius 3 is 2.64 bits per heavy atom. The fourth-order valence-corrected chi connectivity index (χ4v) is 2.52. The molecule has 156 valence electrons. The molecule has 0 spiro atoms. The van der Waals surface area contributed by atoms with Crippen molar-refractivity contribution in [1.82, 2.24) is 15.6 Å². The van der Waals surface area contributed by atoms with E-state index in [-0.39, 0.29) is 12.6 Å². The average Bonchev–Trinajstić information content (AvgIpc) is 3.48. The molecule has 0 aromatic heterocycles. The first-order chi connectivity index (χ1) is 13.4. The van der Waals surface area contributed by atoms with Crippen LogP contribution >= 0.6 is 11.6 Å². The molecular formula is C20H33ClN6O. The Morgan fingerprint density at radius 1 is 1.43 bits per heavy atom. The highest BCUT2D eigenvalue weighted by Gasteiger charge is 2.21. The van der Waals surface area contributed by atoms with Gasteiger partial charge in [-0.1, -0.05) is 31.2 Å². The smallest absolute Gasteiger partial charge is 0.224 e. The largest absolute Gasteiger partial charge is 0.394 e. The molecule has 1 unspecified atom stereocenters. The Bertz CT molecular complexity index is 645. The van der Waals surface area contributed by atoms with Crippen LogP contribution in [0.5, 0.6) is 0 Å². The number of halogens is 1. The highest BCUT2D eigenvalue weighted by molar-refractivity contribution is 6.29. The van der Waals surface area contributed by atoms with Gasteiger partial charge in [0.2, 0.25) is 5.96 Å². The van der Waals surface area contributed by atoms with Gasteiger partial charge in [-0.25, -0.2) is 4.99 Å². The molecule has 1 saturated carbocycles. The van der Waals surface area contributed by atoms with E-state index < -0.39 is 0 Å². The molecule has 1 aliphatic carbocycles. The van der Waals surface area contributed by atoms with Gasteiger partial charge in [0.15, 0.2) is 0 Å². The van der Waals surface area contributed by atoms with Crippen molar-refractivity contribution in [2.24, 2.45) is 15.1 Å². The molecule has 7 nitrogen and oxygen atoms in total. The first-order valence-corrected chi connectivity index (χ1v) is 9.96. The number of nitrogens with one attached hydrogen (secondary N) is 2. The second kappa shape index (κ2) is 13.3. The maximum Gasteiger partial charge on any atom is 0.224 e. The van der Waals surface area contributed by atoms with Gasteiger partial charge in [0, 0.05) is 31.3 Å². The summed E-state index contributed by atoms with van der Waals surface area (Å²) >= 11 is 5.95. The maximum absolute atomic E-state index is 9.62. The first kappa shape index (κ1) is 24.1. The maximum atomic E-state index is 9.62. The molecule has 3 N–H and O–H groups in total. The quantitative estimate of drug-likeness (QED) is 0.224. The van der Waals surface area contributed by atoms with Crippen LogP contribution in [0, 0.1) is 0 Å². The highest BCUT2D eigenvalue weighted by atomic mass is 35.5. The van der Waals surface area contributed by atoms with E-state index in [2.05, 4.69) is 32.3 Å². The minimum absolute atomic E-state index is 0.0279. The van der Waals surface area contributed by atoms with E-state index in [1.54, 1.807) is 17.4 Å². The predicted molar refractivity (Wildman–Crippen MR) is 120 cm³/mol. The number of nitrogens with zero attached hydrogens (tertiary/aromatic N) is 4. The second-order valence-corrected chi connectivity index (χ2v) is 6.99. The van der Waals surface area contributed by atoms with Gasteiger partial charge in [0.1, 0.15) is 5.84 Å². The number of hydrogen-bond donors (Lipinski definition) is 3. The molecule has 0 amide bonds. The van der Waals surface area contributed by atoms with E-state index in [0.717, 1.165) is 24.3 Å². The van der Waals surface area contributed by atoms with Crippen molar-refractivity contribution in [3.63, 3.8) is 0 Å². The minimum atomic E-state index is -0.205. The molecule has 1 aliphatic rings. The van der Waals surface area contributed by atoms with Crippen LogP contribution in [0.2, 0.25) is 0 Å². The molecule has 1 rings (SSSR count).